The van der Waals surface area contributed by atoms with Gasteiger partial charge in [0, 0.05) is 28.7 Å². The lowest BCUT2D eigenvalue weighted by Gasteiger charge is -2.19. The standard InChI is InChI=1S/C15H11BrClF2NO/c1-20(8-11-13(17)3-2-4-14(11)19)15(21)10-7-9(18)5-6-12(10)16/h2-7H,8H2,1H3. The highest BCUT2D eigenvalue weighted by Gasteiger charge is 2.18. The molecule has 2 nitrogen and oxygen atoms in total. The van der Waals surface area contributed by atoms with E-state index in [-0.39, 0.29) is 22.7 Å². The molecule has 0 saturated carbocycles. The van der Waals surface area contributed by atoms with E-state index >= 15 is 0 Å². The summed E-state index contributed by atoms with van der Waals surface area (Å²) in [5.41, 5.74) is 0.396. The summed E-state index contributed by atoms with van der Waals surface area (Å²) in [4.78, 5) is 13.6. The van der Waals surface area contributed by atoms with E-state index in [1.165, 1.54) is 36.2 Å². The normalized spacial score (nSPS) is 10.5. The van der Waals surface area contributed by atoms with E-state index in [1.54, 1.807) is 6.07 Å². The van der Waals surface area contributed by atoms with Crippen LogP contribution in [0.15, 0.2) is 40.9 Å². The van der Waals surface area contributed by atoms with Crippen molar-refractivity contribution in [2.75, 3.05) is 7.05 Å². The van der Waals surface area contributed by atoms with E-state index in [9.17, 15) is 13.6 Å². The Kier molecular flexibility index (Phi) is 4.96. The van der Waals surface area contributed by atoms with Gasteiger partial charge in [-0.2, -0.15) is 0 Å². The summed E-state index contributed by atoms with van der Waals surface area (Å²) in [5.74, 6) is -1.43. The second-order valence-electron chi connectivity index (χ2n) is 4.49. The first-order valence-electron chi connectivity index (χ1n) is 6.03. The Hall–Kier alpha value is -1.46. The highest BCUT2D eigenvalue weighted by atomic mass is 79.9. The van der Waals surface area contributed by atoms with Crippen molar-refractivity contribution in [2.45, 2.75) is 6.54 Å². The van der Waals surface area contributed by atoms with E-state index in [0.717, 1.165) is 6.07 Å². The number of rotatable bonds is 3. The fourth-order valence-corrected chi connectivity index (χ4v) is 2.50. The molecule has 0 aliphatic carbocycles. The molecule has 0 bridgehead atoms. The molecule has 0 unspecified atom stereocenters. The third-order valence-electron chi connectivity index (χ3n) is 2.96. The summed E-state index contributed by atoms with van der Waals surface area (Å²) in [6.07, 6.45) is 0. The number of hydrogen-bond acceptors (Lipinski definition) is 1. The van der Waals surface area contributed by atoms with Crippen LogP contribution < -0.4 is 0 Å². The Bertz CT molecular complexity index is 673. The van der Waals surface area contributed by atoms with Gasteiger partial charge in [-0.1, -0.05) is 17.7 Å². The Labute approximate surface area is 134 Å². The molecule has 0 N–H and O–H groups in total. The second-order valence-corrected chi connectivity index (χ2v) is 5.75. The maximum absolute atomic E-state index is 13.7. The van der Waals surface area contributed by atoms with Crippen molar-refractivity contribution in [3.8, 4) is 0 Å². The summed E-state index contributed by atoms with van der Waals surface area (Å²) in [6.45, 7) is -0.00665. The minimum atomic E-state index is -0.515. The quantitative estimate of drug-likeness (QED) is 0.765. The molecule has 0 radical (unpaired) electrons. The molecular formula is C15H11BrClF2NO. The predicted octanol–water partition coefficient (Wildman–Crippen LogP) is 4.65. The summed E-state index contributed by atoms with van der Waals surface area (Å²) in [5, 5.41) is 0.243. The highest BCUT2D eigenvalue weighted by Crippen LogP contribution is 2.23. The van der Waals surface area contributed by atoms with E-state index in [1.807, 2.05) is 0 Å². The van der Waals surface area contributed by atoms with Crippen molar-refractivity contribution in [1.29, 1.82) is 0 Å². The largest absolute Gasteiger partial charge is 0.337 e. The fourth-order valence-electron chi connectivity index (χ4n) is 1.86. The van der Waals surface area contributed by atoms with Gasteiger partial charge in [0.15, 0.2) is 0 Å². The lowest BCUT2D eigenvalue weighted by molar-refractivity contribution is 0.0782. The van der Waals surface area contributed by atoms with Gasteiger partial charge in [0.25, 0.3) is 5.91 Å². The molecule has 21 heavy (non-hydrogen) atoms. The summed E-state index contributed by atoms with van der Waals surface area (Å²) >= 11 is 9.13. The number of benzene rings is 2. The van der Waals surface area contributed by atoms with Crippen LogP contribution in [0, 0.1) is 11.6 Å². The molecule has 110 valence electrons. The van der Waals surface area contributed by atoms with E-state index in [2.05, 4.69) is 15.9 Å². The topological polar surface area (TPSA) is 20.3 Å². The molecule has 2 aromatic carbocycles. The van der Waals surface area contributed by atoms with Crippen LogP contribution in [0.25, 0.3) is 0 Å². The number of hydrogen-bond donors (Lipinski definition) is 0. The maximum Gasteiger partial charge on any atom is 0.255 e. The first-order valence-corrected chi connectivity index (χ1v) is 7.20. The van der Waals surface area contributed by atoms with Crippen molar-refractivity contribution in [3.63, 3.8) is 0 Å². The molecule has 0 spiro atoms. The first-order chi connectivity index (χ1) is 9.90. The van der Waals surface area contributed by atoms with Crippen LogP contribution in [0.4, 0.5) is 8.78 Å². The number of amides is 1. The molecule has 0 aromatic heterocycles. The molecule has 0 aliphatic rings. The molecule has 1 amide bonds. The lowest BCUT2D eigenvalue weighted by atomic mass is 10.1. The average molecular weight is 375 g/mol. The highest BCUT2D eigenvalue weighted by molar-refractivity contribution is 9.10. The molecule has 2 aromatic rings. The molecule has 0 heterocycles. The molecule has 0 atom stereocenters. The van der Waals surface area contributed by atoms with Crippen molar-refractivity contribution in [2.24, 2.45) is 0 Å². The fraction of sp³-hybridized carbons (Fsp3) is 0.133. The Balaban J connectivity index is 2.26. The van der Waals surface area contributed by atoms with Crippen LogP contribution in [-0.4, -0.2) is 17.9 Å². The number of nitrogens with zero attached hydrogens (tertiary/aromatic N) is 1. The number of carbonyl (C=O) groups is 1. The van der Waals surface area contributed by atoms with Gasteiger partial charge in [0.05, 0.1) is 5.56 Å². The van der Waals surface area contributed by atoms with E-state index < -0.39 is 17.5 Å². The Morgan fingerprint density at radius 3 is 2.67 bits per heavy atom. The van der Waals surface area contributed by atoms with Gasteiger partial charge < -0.3 is 4.90 Å². The van der Waals surface area contributed by atoms with Crippen LogP contribution in [0.5, 0.6) is 0 Å². The van der Waals surface area contributed by atoms with Crippen molar-refractivity contribution in [1.82, 2.24) is 4.90 Å². The Morgan fingerprint density at radius 1 is 1.29 bits per heavy atom. The number of halogens is 4. The van der Waals surface area contributed by atoms with Crippen molar-refractivity contribution >= 4 is 33.4 Å². The zero-order chi connectivity index (χ0) is 15.6. The van der Waals surface area contributed by atoms with Crippen molar-refractivity contribution < 1.29 is 13.6 Å². The van der Waals surface area contributed by atoms with Gasteiger partial charge in [-0.15, -0.1) is 0 Å². The van der Waals surface area contributed by atoms with Crippen LogP contribution in [0.3, 0.4) is 0 Å². The van der Waals surface area contributed by atoms with E-state index in [4.69, 9.17) is 11.6 Å². The smallest absolute Gasteiger partial charge is 0.255 e. The van der Waals surface area contributed by atoms with Crippen LogP contribution in [0.1, 0.15) is 15.9 Å². The number of carbonyl (C=O) groups excluding carboxylic acids is 1. The Morgan fingerprint density at radius 2 is 2.00 bits per heavy atom. The van der Waals surface area contributed by atoms with Crippen molar-refractivity contribution in [3.05, 3.63) is 68.7 Å². The maximum atomic E-state index is 13.7. The van der Waals surface area contributed by atoms with Gasteiger partial charge in [-0.3, -0.25) is 4.79 Å². The molecule has 2 rings (SSSR count). The lowest BCUT2D eigenvalue weighted by Crippen LogP contribution is -2.27. The minimum absolute atomic E-state index is 0.00665. The zero-order valence-electron chi connectivity index (χ0n) is 11.0. The SMILES string of the molecule is CN(Cc1c(F)cccc1Cl)C(=O)c1cc(F)ccc1Br. The van der Waals surface area contributed by atoms with Gasteiger partial charge >= 0.3 is 0 Å². The summed E-state index contributed by atoms with van der Waals surface area (Å²) in [7, 11) is 1.50. The predicted molar refractivity (Wildman–Crippen MR) is 81.3 cm³/mol. The molecule has 0 aliphatic heterocycles. The second kappa shape index (κ2) is 6.54. The third-order valence-corrected chi connectivity index (χ3v) is 4.01. The summed E-state index contributed by atoms with van der Waals surface area (Å²) < 4.78 is 27.5. The van der Waals surface area contributed by atoms with Gasteiger partial charge in [0.1, 0.15) is 11.6 Å². The molecular weight excluding hydrogens is 364 g/mol. The minimum Gasteiger partial charge on any atom is -0.337 e. The van der Waals surface area contributed by atoms with Gasteiger partial charge in [-0.05, 0) is 46.3 Å². The summed E-state index contributed by atoms with van der Waals surface area (Å²) in [6, 6.07) is 8.15. The third kappa shape index (κ3) is 3.60. The van der Waals surface area contributed by atoms with Crippen LogP contribution >= 0.6 is 27.5 Å². The monoisotopic (exact) mass is 373 g/mol. The molecule has 6 heteroatoms. The van der Waals surface area contributed by atoms with Gasteiger partial charge in [0.2, 0.25) is 0 Å². The molecule has 0 saturated heterocycles. The van der Waals surface area contributed by atoms with Crippen LogP contribution in [0.2, 0.25) is 5.02 Å². The molecule has 0 fully saturated rings. The van der Waals surface area contributed by atoms with Crippen LogP contribution in [-0.2, 0) is 6.54 Å². The van der Waals surface area contributed by atoms with Gasteiger partial charge in [-0.25, -0.2) is 8.78 Å². The zero-order valence-corrected chi connectivity index (χ0v) is 13.4. The van der Waals surface area contributed by atoms with E-state index in [0.29, 0.717) is 4.47 Å². The first kappa shape index (κ1) is 15.9. The average Bonchev–Trinajstić information content (AvgIpc) is 2.44.